The molecule has 1 heterocycles. The van der Waals surface area contributed by atoms with E-state index in [0.717, 1.165) is 25.7 Å². The van der Waals surface area contributed by atoms with Crippen LogP contribution in [0.1, 0.15) is 39.5 Å². The van der Waals surface area contributed by atoms with Crippen molar-refractivity contribution in [3.05, 3.63) is 0 Å². The molecule has 0 amide bonds. The number of rotatable bonds is 8. The number of nitrogens with two attached hydrogens (primary N) is 1. The fraction of sp³-hybridized carbons (Fsp3) is 1.00. The van der Waals surface area contributed by atoms with Gasteiger partial charge in [-0.3, -0.25) is 11.3 Å². The average molecular weight is 307 g/mol. The zero-order chi connectivity index (χ0) is 15.2. The summed E-state index contributed by atoms with van der Waals surface area (Å²) in [6.07, 6.45) is 5.07. The Balaban J connectivity index is 2.60. The van der Waals surface area contributed by atoms with Crippen LogP contribution in [0.3, 0.4) is 0 Å². The second-order valence-corrected chi connectivity index (χ2v) is 7.52. The molecule has 0 aromatic carbocycles. The summed E-state index contributed by atoms with van der Waals surface area (Å²) in [4.78, 5) is 0. The van der Waals surface area contributed by atoms with Gasteiger partial charge in [0.1, 0.15) is 0 Å². The number of hydrazine groups is 1. The highest BCUT2D eigenvalue weighted by molar-refractivity contribution is 7.88. The van der Waals surface area contributed by atoms with Crippen molar-refractivity contribution in [3.8, 4) is 0 Å². The predicted molar refractivity (Wildman–Crippen MR) is 80.6 cm³/mol. The van der Waals surface area contributed by atoms with Crippen molar-refractivity contribution in [2.75, 3.05) is 26.0 Å². The molecule has 1 aliphatic heterocycles. The maximum atomic E-state index is 11.6. The molecular weight excluding hydrogens is 278 g/mol. The van der Waals surface area contributed by atoms with E-state index in [2.05, 4.69) is 12.3 Å². The van der Waals surface area contributed by atoms with E-state index in [1.165, 1.54) is 6.26 Å². The first kappa shape index (κ1) is 17.8. The number of hydrogen-bond acceptors (Lipinski definition) is 5. The third-order valence-corrected chi connectivity index (χ3v) is 5.25. The van der Waals surface area contributed by atoms with Gasteiger partial charge in [-0.05, 0) is 38.5 Å². The number of hydrogen-bond donors (Lipinski definition) is 2. The van der Waals surface area contributed by atoms with Crippen LogP contribution in [-0.2, 0) is 14.8 Å². The van der Waals surface area contributed by atoms with Crippen molar-refractivity contribution >= 4 is 10.0 Å². The van der Waals surface area contributed by atoms with Crippen LogP contribution in [-0.4, -0.2) is 50.8 Å². The lowest BCUT2D eigenvalue weighted by Gasteiger charge is -2.34. The first-order chi connectivity index (χ1) is 9.42. The molecule has 1 rings (SSSR count). The summed E-state index contributed by atoms with van der Waals surface area (Å²) in [7, 11) is -3.09. The quantitative estimate of drug-likeness (QED) is 0.509. The minimum Gasteiger partial charge on any atom is -0.377 e. The van der Waals surface area contributed by atoms with Crippen LogP contribution in [0.4, 0.5) is 0 Å². The summed E-state index contributed by atoms with van der Waals surface area (Å²) in [5.41, 5.74) is 2.85. The zero-order valence-electron chi connectivity index (χ0n) is 12.8. The second kappa shape index (κ2) is 8.29. The Morgan fingerprint density at radius 1 is 1.45 bits per heavy atom. The van der Waals surface area contributed by atoms with Crippen LogP contribution in [0.2, 0.25) is 0 Å². The lowest BCUT2D eigenvalue weighted by molar-refractivity contribution is 0.0228. The molecule has 0 spiro atoms. The number of piperidine rings is 1. The Labute approximate surface area is 123 Å². The van der Waals surface area contributed by atoms with Gasteiger partial charge in [0.2, 0.25) is 10.0 Å². The van der Waals surface area contributed by atoms with Gasteiger partial charge >= 0.3 is 0 Å². The molecule has 0 aromatic heterocycles. The SMILES string of the molecule is CCOC(CC)C(CC1CCCN(S(C)(=O)=O)C1)NN. The van der Waals surface area contributed by atoms with Crippen LogP contribution in [0.15, 0.2) is 0 Å². The van der Waals surface area contributed by atoms with Crippen molar-refractivity contribution in [1.29, 1.82) is 0 Å². The van der Waals surface area contributed by atoms with Crippen molar-refractivity contribution in [2.45, 2.75) is 51.7 Å². The summed E-state index contributed by atoms with van der Waals surface area (Å²) in [6, 6.07) is 0.0736. The fourth-order valence-electron chi connectivity index (χ4n) is 2.94. The average Bonchev–Trinajstić information content (AvgIpc) is 2.42. The minimum absolute atomic E-state index is 0.0736. The molecule has 1 fully saturated rings. The molecule has 3 unspecified atom stereocenters. The van der Waals surface area contributed by atoms with Crippen LogP contribution >= 0.6 is 0 Å². The molecule has 20 heavy (non-hydrogen) atoms. The standard InChI is InChI=1S/C13H29N3O3S/c1-4-13(19-5-2)12(15-14)9-11-7-6-8-16(10-11)20(3,17)18/h11-13,15H,4-10,14H2,1-3H3. The van der Waals surface area contributed by atoms with Gasteiger partial charge in [-0.1, -0.05) is 6.92 Å². The third kappa shape index (κ3) is 5.29. The van der Waals surface area contributed by atoms with Gasteiger partial charge in [0, 0.05) is 25.7 Å². The molecule has 0 bridgehead atoms. The molecule has 0 aromatic rings. The summed E-state index contributed by atoms with van der Waals surface area (Å²) in [6.45, 7) is 5.95. The summed E-state index contributed by atoms with van der Waals surface area (Å²) in [5.74, 6) is 6.00. The molecular formula is C13H29N3O3S. The Hall–Kier alpha value is -0.210. The molecule has 6 nitrogen and oxygen atoms in total. The van der Waals surface area contributed by atoms with E-state index in [0.29, 0.717) is 25.6 Å². The van der Waals surface area contributed by atoms with Crippen LogP contribution in [0, 0.1) is 5.92 Å². The molecule has 1 aliphatic rings. The highest BCUT2D eigenvalue weighted by Gasteiger charge is 2.29. The van der Waals surface area contributed by atoms with E-state index in [4.69, 9.17) is 10.6 Å². The van der Waals surface area contributed by atoms with Crippen molar-refractivity contribution < 1.29 is 13.2 Å². The molecule has 120 valence electrons. The number of sulfonamides is 1. The van der Waals surface area contributed by atoms with E-state index in [9.17, 15) is 8.42 Å². The minimum atomic E-state index is -3.09. The maximum Gasteiger partial charge on any atom is 0.211 e. The van der Waals surface area contributed by atoms with Gasteiger partial charge in [-0.2, -0.15) is 0 Å². The molecule has 3 N–H and O–H groups in total. The fourth-order valence-corrected chi connectivity index (χ4v) is 3.88. The van der Waals surface area contributed by atoms with Crippen LogP contribution in [0.25, 0.3) is 0 Å². The highest BCUT2D eigenvalue weighted by atomic mass is 32.2. The van der Waals surface area contributed by atoms with E-state index in [-0.39, 0.29) is 12.1 Å². The smallest absolute Gasteiger partial charge is 0.211 e. The summed E-state index contributed by atoms with van der Waals surface area (Å²) in [5, 5.41) is 0. The Bertz CT molecular complexity index is 375. The first-order valence-corrected chi connectivity index (χ1v) is 9.30. The lowest BCUT2D eigenvalue weighted by atomic mass is 9.90. The topological polar surface area (TPSA) is 84.7 Å². The van der Waals surface area contributed by atoms with Crippen molar-refractivity contribution in [3.63, 3.8) is 0 Å². The molecule has 0 radical (unpaired) electrons. The molecule has 3 atom stereocenters. The Morgan fingerprint density at radius 2 is 2.15 bits per heavy atom. The maximum absolute atomic E-state index is 11.6. The predicted octanol–water partition coefficient (Wildman–Crippen LogP) is 0.695. The van der Waals surface area contributed by atoms with Crippen molar-refractivity contribution in [1.82, 2.24) is 9.73 Å². The van der Waals surface area contributed by atoms with Gasteiger partial charge in [0.05, 0.1) is 12.4 Å². The first-order valence-electron chi connectivity index (χ1n) is 7.45. The van der Waals surface area contributed by atoms with E-state index in [1.54, 1.807) is 4.31 Å². The van der Waals surface area contributed by atoms with Crippen LogP contribution in [0.5, 0.6) is 0 Å². The normalized spacial score (nSPS) is 24.5. The number of ether oxygens (including phenoxy) is 1. The van der Waals surface area contributed by atoms with Gasteiger partial charge < -0.3 is 4.74 Å². The second-order valence-electron chi connectivity index (χ2n) is 5.54. The van der Waals surface area contributed by atoms with E-state index < -0.39 is 10.0 Å². The zero-order valence-corrected chi connectivity index (χ0v) is 13.7. The van der Waals surface area contributed by atoms with Crippen molar-refractivity contribution in [2.24, 2.45) is 11.8 Å². The molecule has 7 heteroatoms. The van der Waals surface area contributed by atoms with Gasteiger partial charge in [0.15, 0.2) is 0 Å². The monoisotopic (exact) mass is 307 g/mol. The van der Waals surface area contributed by atoms with E-state index in [1.807, 2.05) is 6.92 Å². The Kier molecular flexibility index (Phi) is 7.39. The summed E-state index contributed by atoms with van der Waals surface area (Å²) >= 11 is 0. The van der Waals surface area contributed by atoms with Gasteiger partial charge in [-0.15, -0.1) is 0 Å². The molecule has 0 aliphatic carbocycles. The van der Waals surface area contributed by atoms with Gasteiger partial charge in [-0.25, -0.2) is 12.7 Å². The number of nitrogens with zero attached hydrogens (tertiary/aromatic N) is 1. The Morgan fingerprint density at radius 3 is 2.65 bits per heavy atom. The molecule has 1 saturated heterocycles. The largest absolute Gasteiger partial charge is 0.377 e. The molecule has 0 saturated carbocycles. The lowest BCUT2D eigenvalue weighted by Crippen LogP contribution is -2.48. The van der Waals surface area contributed by atoms with Crippen LogP contribution < -0.4 is 11.3 Å². The van der Waals surface area contributed by atoms with Gasteiger partial charge in [0.25, 0.3) is 0 Å². The highest BCUT2D eigenvalue weighted by Crippen LogP contribution is 2.24. The number of nitrogens with one attached hydrogen (secondary N) is 1. The van der Waals surface area contributed by atoms with E-state index >= 15 is 0 Å². The third-order valence-electron chi connectivity index (χ3n) is 3.98. The summed E-state index contributed by atoms with van der Waals surface area (Å²) < 4.78 is 30.6.